The van der Waals surface area contributed by atoms with Gasteiger partial charge in [-0.05, 0) is 44.2 Å². The molecule has 0 aliphatic carbocycles. The van der Waals surface area contributed by atoms with Crippen LogP contribution in [-0.4, -0.2) is 26.8 Å². The Morgan fingerprint density at radius 3 is 2.84 bits per heavy atom. The largest absolute Gasteiger partial charge is 0.443 e. The number of nitriles is 1. The lowest BCUT2D eigenvalue weighted by Gasteiger charge is -2.19. The molecule has 98 valence electrons. The Hall–Kier alpha value is -2.62. The van der Waals surface area contributed by atoms with Crippen molar-refractivity contribution in [3.8, 4) is 6.07 Å². The maximum Gasteiger partial charge on any atom is 0.428 e. The number of carbonyl (C=O) groups excluding carboxylic acids is 1. The van der Waals surface area contributed by atoms with E-state index < -0.39 is 11.7 Å². The van der Waals surface area contributed by atoms with Crippen molar-refractivity contribution in [2.45, 2.75) is 26.4 Å². The Morgan fingerprint density at radius 2 is 2.21 bits per heavy atom. The van der Waals surface area contributed by atoms with E-state index in [0.29, 0.717) is 16.6 Å². The molecule has 7 nitrogen and oxygen atoms in total. The molecule has 0 saturated carbocycles. The van der Waals surface area contributed by atoms with Crippen LogP contribution in [0.15, 0.2) is 18.2 Å². The topological polar surface area (TPSA) is 92.8 Å². The first-order chi connectivity index (χ1) is 8.89. The Morgan fingerprint density at radius 1 is 1.47 bits per heavy atom. The summed E-state index contributed by atoms with van der Waals surface area (Å²) in [4.78, 5) is 12.8. The third-order valence-corrected chi connectivity index (χ3v) is 2.17. The van der Waals surface area contributed by atoms with E-state index in [2.05, 4.69) is 15.7 Å². The SMILES string of the molecule is CC(C)(C)OC(=O)Nn1nnc2cc(C#N)ccc21. The van der Waals surface area contributed by atoms with Gasteiger partial charge in [0.2, 0.25) is 0 Å². The highest BCUT2D eigenvalue weighted by Gasteiger charge is 2.17. The van der Waals surface area contributed by atoms with Crippen molar-refractivity contribution in [3.63, 3.8) is 0 Å². The van der Waals surface area contributed by atoms with E-state index in [1.165, 1.54) is 4.79 Å². The highest BCUT2D eigenvalue weighted by Crippen LogP contribution is 2.12. The summed E-state index contributed by atoms with van der Waals surface area (Å²) in [7, 11) is 0. The van der Waals surface area contributed by atoms with Gasteiger partial charge in [0.15, 0.2) is 0 Å². The molecule has 0 unspecified atom stereocenters. The molecule has 0 bridgehead atoms. The third-order valence-electron chi connectivity index (χ3n) is 2.17. The van der Waals surface area contributed by atoms with Crippen LogP contribution in [0.1, 0.15) is 26.3 Å². The van der Waals surface area contributed by atoms with E-state index >= 15 is 0 Å². The summed E-state index contributed by atoms with van der Waals surface area (Å²) < 4.78 is 5.11. The van der Waals surface area contributed by atoms with Gasteiger partial charge in [0, 0.05) is 0 Å². The predicted octanol–water partition coefficient (Wildman–Crippen LogP) is 1.78. The quantitative estimate of drug-likeness (QED) is 0.842. The standard InChI is InChI=1S/C12H13N5O2/c1-12(2,3)19-11(18)15-17-10-5-4-8(7-13)6-9(10)14-16-17/h4-6H,1-3H3,(H,15,18). The first-order valence-corrected chi connectivity index (χ1v) is 5.64. The number of benzene rings is 1. The zero-order chi connectivity index (χ0) is 14.0. The molecule has 0 saturated heterocycles. The molecule has 1 aromatic heterocycles. The van der Waals surface area contributed by atoms with E-state index in [1.807, 2.05) is 6.07 Å². The lowest BCUT2D eigenvalue weighted by Crippen LogP contribution is -2.32. The van der Waals surface area contributed by atoms with Gasteiger partial charge in [0.05, 0.1) is 11.6 Å². The van der Waals surface area contributed by atoms with Crippen molar-refractivity contribution < 1.29 is 9.53 Å². The van der Waals surface area contributed by atoms with Crippen LogP contribution in [0, 0.1) is 11.3 Å². The lowest BCUT2D eigenvalue weighted by molar-refractivity contribution is 0.0610. The van der Waals surface area contributed by atoms with E-state index in [4.69, 9.17) is 10.00 Å². The maximum atomic E-state index is 11.6. The summed E-state index contributed by atoms with van der Waals surface area (Å²) in [6.07, 6.45) is -0.622. The summed E-state index contributed by atoms with van der Waals surface area (Å²) in [5.74, 6) is 0. The van der Waals surface area contributed by atoms with Crippen molar-refractivity contribution >= 4 is 17.1 Å². The zero-order valence-electron chi connectivity index (χ0n) is 10.8. The predicted molar refractivity (Wildman–Crippen MR) is 67.8 cm³/mol. The molecule has 0 atom stereocenters. The molecule has 0 fully saturated rings. The summed E-state index contributed by atoms with van der Waals surface area (Å²) >= 11 is 0. The molecule has 1 N–H and O–H groups in total. The first kappa shape index (κ1) is 12.8. The fourth-order valence-corrected chi connectivity index (χ4v) is 1.46. The normalized spacial score (nSPS) is 11.1. The molecule has 2 aromatic rings. The molecule has 2 rings (SSSR count). The second-order valence-electron chi connectivity index (χ2n) is 4.93. The monoisotopic (exact) mass is 259 g/mol. The van der Waals surface area contributed by atoms with Crippen LogP contribution in [0.2, 0.25) is 0 Å². The van der Waals surface area contributed by atoms with Crippen LogP contribution in [0.25, 0.3) is 11.0 Å². The fourth-order valence-electron chi connectivity index (χ4n) is 1.46. The van der Waals surface area contributed by atoms with Gasteiger partial charge in [-0.25, -0.2) is 10.2 Å². The second-order valence-corrected chi connectivity index (χ2v) is 4.93. The third kappa shape index (κ3) is 2.98. The molecule has 19 heavy (non-hydrogen) atoms. The Kier molecular flexibility index (Phi) is 3.09. The number of ether oxygens (including phenoxy) is 1. The minimum atomic E-state index is -0.622. The Labute approximate surface area is 109 Å². The molecule has 0 radical (unpaired) electrons. The van der Waals surface area contributed by atoms with Gasteiger partial charge >= 0.3 is 6.09 Å². The number of hydrogen-bond donors (Lipinski definition) is 1. The number of hydrogen-bond acceptors (Lipinski definition) is 5. The molecule has 1 amide bonds. The molecule has 1 heterocycles. The smallest absolute Gasteiger partial charge is 0.428 e. The zero-order valence-corrected chi connectivity index (χ0v) is 10.8. The highest BCUT2D eigenvalue weighted by atomic mass is 16.6. The number of amides is 1. The van der Waals surface area contributed by atoms with Crippen molar-refractivity contribution in [1.82, 2.24) is 15.1 Å². The summed E-state index contributed by atoms with van der Waals surface area (Å²) in [6, 6.07) is 6.89. The second kappa shape index (κ2) is 4.57. The number of nitrogens with one attached hydrogen (secondary N) is 1. The number of aromatic nitrogens is 3. The van der Waals surface area contributed by atoms with E-state index in [9.17, 15) is 4.79 Å². The average Bonchev–Trinajstić information content (AvgIpc) is 2.69. The van der Waals surface area contributed by atoms with Gasteiger partial charge in [-0.3, -0.25) is 0 Å². The summed E-state index contributed by atoms with van der Waals surface area (Å²) in [5, 5.41) is 16.4. The van der Waals surface area contributed by atoms with E-state index in [1.54, 1.807) is 39.0 Å². The summed E-state index contributed by atoms with van der Waals surface area (Å²) in [5.41, 5.74) is 3.46. The van der Waals surface area contributed by atoms with Crippen LogP contribution >= 0.6 is 0 Å². The van der Waals surface area contributed by atoms with Crippen LogP contribution in [0.4, 0.5) is 4.79 Å². The number of nitrogens with zero attached hydrogens (tertiary/aromatic N) is 4. The molecule has 0 aliphatic rings. The Balaban J connectivity index is 2.23. The molecule has 0 aliphatic heterocycles. The van der Waals surface area contributed by atoms with Gasteiger partial charge in [0.25, 0.3) is 0 Å². The van der Waals surface area contributed by atoms with Crippen LogP contribution in [0.3, 0.4) is 0 Å². The van der Waals surface area contributed by atoms with Gasteiger partial charge in [0.1, 0.15) is 16.6 Å². The van der Waals surface area contributed by atoms with Crippen molar-refractivity contribution in [3.05, 3.63) is 23.8 Å². The van der Waals surface area contributed by atoms with Gasteiger partial charge in [-0.1, -0.05) is 0 Å². The maximum absolute atomic E-state index is 11.6. The number of carbonyl (C=O) groups is 1. The minimum Gasteiger partial charge on any atom is -0.443 e. The molecular formula is C12H13N5O2. The Bertz CT molecular complexity index is 663. The van der Waals surface area contributed by atoms with Crippen LogP contribution < -0.4 is 5.43 Å². The van der Waals surface area contributed by atoms with Crippen LogP contribution in [-0.2, 0) is 4.74 Å². The minimum absolute atomic E-state index is 0.483. The van der Waals surface area contributed by atoms with Gasteiger partial charge < -0.3 is 4.74 Å². The average molecular weight is 259 g/mol. The lowest BCUT2D eigenvalue weighted by atomic mass is 10.2. The molecule has 7 heteroatoms. The highest BCUT2D eigenvalue weighted by molar-refractivity contribution is 5.81. The van der Waals surface area contributed by atoms with Gasteiger partial charge in [-0.15, -0.1) is 9.89 Å². The van der Waals surface area contributed by atoms with Crippen molar-refractivity contribution in [2.24, 2.45) is 0 Å². The van der Waals surface area contributed by atoms with Crippen molar-refractivity contribution in [2.75, 3.05) is 5.43 Å². The number of fused-ring (bicyclic) bond motifs is 1. The van der Waals surface area contributed by atoms with Crippen molar-refractivity contribution in [1.29, 1.82) is 5.26 Å². The molecular weight excluding hydrogens is 246 g/mol. The first-order valence-electron chi connectivity index (χ1n) is 5.64. The molecule has 1 aromatic carbocycles. The van der Waals surface area contributed by atoms with Gasteiger partial charge in [-0.2, -0.15) is 5.26 Å². The van der Waals surface area contributed by atoms with E-state index in [0.717, 1.165) is 0 Å². The number of rotatable bonds is 1. The summed E-state index contributed by atoms with van der Waals surface area (Å²) in [6.45, 7) is 5.31. The van der Waals surface area contributed by atoms with Crippen LogP contribution in [0.5, 0.6) is 0 Å². The molecule has 0 spiro atoms. The van der Waals surface area contributed by atoms with E-state index in [-0.39, 0.29) is 0 Å². The fraction of sp³-hybridized carbons (Fsp3) is 0.333.